The maximum Gasteiger partial charge on any atom is 0.338 e. The lowest BCUT2D eigenvalue weighted by atomic mass is 9.95. The van der Waals surface area contributed by atoms with Crippen molar-refractivity contribution in [2.75, 3.05) is 6.61 Å². The molecule has 2 heterocycles. The van der Waals surface area contributed by atoms with Crippen LogP contribution >= 0.6 is 11.3 Å². The summed E-state index contributed by atoms with van der Waals surface area (Å²) in [5.74, 6) is -0.612. The molecule has 0 amide bonds. The Morgan fingerprint density at radius 2 is 2.00 bits per heavy atom. The first-order chi connectivity index (χ1) is 16.4. The molecule has 9 heteroatoms. The molecule has 8 nitrogen and oxygen atoms in total. The molecule has 2 aromatic carbocycles. The standard InChI is InChI=1S/C25H21N3O5S/c1-3-33-24(30)21-16(2)26-25-27(22(21)18-12-8-13-19(15-18)28(31)32)23(29)20(34-25)14-7-11-17-9-5-4-6-10-17/h4-15,22H,3H2,1-2H3/b11-7+,20-14-. The summed E-state index contributed by atoms with van der Waals surface area (Å²) in [5.41, 5.74) is 1.53. The maximum atomic E-state index is 13.4. The van der Waals surface area contributed by atoms with E-state index in [9.17, 15) is 19.7 Å². The number of benzene rings is 2. The minimum absolute atomic E-state index is 0.136. The Labute approximate surface area is 198 Å². The van der Waals surface area contributed by atoms with Gasteiger partial charge in [-0.15, -0.1) is 0 Å². The molecule has 1 unspecified atom stereocenters. The van der Waals surface area contributed by atoms with E-state index in [1.165, 1.54) is 34.1 Å². The zero-order valence-electron chi connectivity index (χ0n) is 18.5. The van der Waals surface area contributed by atoms with Crippen molar-refractivity contribution in [3.8, 4) is 0 Å². The lowest BCUT2D eigenvalue weighted by Gasteiger charge is -2.24. The second-order valence-corrected chi connectivity index (χ2v) is 8.46. The molecule has 4 rings (SSSR count). The normalized spacial score (nSPS) is 15.8. The summed E-state index contributed by atoms with van der Waals surface area (Å²) in [6.45, 7) is 3.50. The van der Waals surface area contributed by atoms with Crippen LogP contribution in [-0.4, -0.2) is 22.1 Å². The number of thiazole rings is 1. The molecule has 1 aliphatic rings. The molecule has 172 valence electrons. The fourth-order valence-corrected chi connectivity index (χ4v) is 4.74. The van der Waals surface area contributed by atoms with Gasteiger partial charge in [0.2, 0.25) is 0 Å². The molecule has 0 radical (unpaired) electrons. The zero-order valence-corrected chi connectivity index (χ0v) is 19.3. The Morgan fingerprint density at radius 3 is 2.71 bits per heavy atom. The van der Waals surface area contributed by atoms with Crippen molar-refractivity contribution in [1.29, 1.82) is 0 Å². The van der Waals surface area contributed by atoms with Gasteiger partial charge in [0.05, 0.1) is 33.4 Å². The predicted octanol–water partition coefficient (Wildman–Crippen LogP) is 3.37. The van der Waals surface area contributed by atoms with Crippen LogP contribution in [0.3, 0.4) is 0 Å². The van der Waals surface area contributed by atoms with Crippen molar-refractivity contribution >= 4 is 35.1 Å². The number of carbonyl (C=O) groups excluding carboxylic acids is 1. The molecule has 1 atom stereocenters. The number of nitrogens with zero attached hydrogens (tertiary/aromatic N) is 3. The van der Waals surface area contributed by atoms with Crippen LogP contribution < -0.4 is 14.9 Å². The van der Waals surface area contributed by atoms with Gasteiger partial charge in [-0.25, -0.2) is 9.79 Å². The van der Waals surface area contributed by atoms with Gasteiger partial charge < -0.3 is 4.74 Å². The van der Waals surface area contributed by atoms with Crippen molar-refractivity contribution in [2.24, 2.45) is 4.99 Å². The highest BCUT2D eigenvalue weighted by Gasteiger charge is 2.33. The van der Waals surface area contributed by atoms with Gasteiger partial charge in [-0.3, -0.25) is 19.5 Å². The van der Waals surface area contributed by atoms with Crippen molar-refractivity contribution in [3.63, 3.8) is 0 Å². The third-order valence-corrected chi connectivity index (χ3v) is 6.25. The van der Waals surface area contributed by atoms with Gasteiger partial charge in [-0.1, -0.05) is 66.0 Å². The number of nitro benzene ring substituents is 1. The number of fused-ring (bicyclic) bond motifs is 1. The van der Waals surface area contributed by atoms with E-state index in [1.54, 1.807) is 32.1 Å². The number of carbonyl (C=O) groups is 1. The molecule has 0 N–H and O–H groups in total. The second kappa shape index (κ2) is 9.80. The molecule has 1 aliphatic heterocycles. The molecule has 3 aromatic rings. The second-order valence-electron chi connectivity index (χ2n) is 7.45. The monoisotopic (exact) mass is 475 g/mol. The van der Waals surface area contributed by atoms with Crippen molar-refractivity contribution in [3.05, 3.63) is 113 Å². The van der Waals surface area contributed by atoms with Gasteiger partial charge in [0.25, 0.3) is 11.2 Å². The van der Waals surface area contributed by atoms with Crippen LogP contribution in [0.1, 0.15) is 31.0 Å². The van der Waals surface area contributed by atoms with E-state index in [4.69, 9.17) is 4.74 Å². The summed E-state index contributed by atoms with van der Waals surface area (Å²) >= 11 is 1.19. The number of rotatable bonds is 6. The average Bonchev–Trinajstić information content (AvgIpc) is 3.13. The van der Waals surface area contributed by atoms with E-state index >= 15 is 0 Å². The molecule has 0 saturated carbocycles. The van der Waals surface area contributed by atoms with Crippen LogP contribution in [0.5, 0.6) is 0 Å². The topological polar surface area (TPSA) is 104 Å². The van der Waals surface area contributed by atoms with Gasteiger partial charge in [-0.2, -0.15) is 0 Å². The summed E-state index contributed by atoms with van der Waals surface area (Å²) < 4.78 is 7.07. The van der Waals surface area contributed by atoms with E-state index in [0.29, 0.717) is 20.6 Å². The molecule has 0 bridgehead atoms. The fraction of sp³-hybridized carbons (Fsp3) is 0.160. The first kappa shape index (κ1) is 23.1. The quantitative estimate of drug-likeness (QED) is 0.309. The summed E-state index contributed by atoms with van der Waals surface area (Å²) in [4.78, 5) is 42.1. The number of hydrogen-bond donors (Lipinski definition) is 0. The number of esters is 1. The van der Waals surface area contributed by atoms with Crippen molar-refractivity contribution in [1.82, 2.24) is 4.57 Å². The minimum atomic E-state index is -0.893. The third-order valence-electron chi connectivity index (χ3n) is 5.25. The summed E-state index contributed by atoms with van der Waals surface area (Å²) in [7, 11) is 0. The molecule has 34 heavy (non-hydrogen) atoms. The van der Waals surface area contributed by atoms with Gasteiger partial charge in [0, 0.05) is 12.1 Å². The van der Waals surface area contributed by atoms with E-state index in [2.05, 4.69) is 4.99 Å². The smallest absolute Gasteiger partial charge is 0.338 e. The number of non-ortho nitro benzene ring substituents is 1. The Hall–Kier alpha value is -4.11. The lowest BCUT2D eigenvalue weighted by molar-refractivity contribution is -0.384. The maximum absolute atomic E-state index is 13.4. The Kier molecular flexibility index (Phi) is 6.65. The first-order valence-corrected chi connectivity index (χ1v) is 11.4. The SMILES string of the molecule is CCOC(=O)C1=C(C)N=c2s/c(=C\C=C\c3ccccc3)c(=O)n2C1c1cccc([N+](=O)[O-])c1. The van der Waals surface area contributed by atoms with Gasteiger partial charge in [0.1, 0.15) is 0 Å². The first-order valence-electron chi connectivity index (χ1n) is 10.6. The van der Waals surface area contributed by atoms with E-state index in [0.717, 1.165) is 5.56 Å². The molecule has 1 aromatic heterocycles. The molecular weight excluding hydrogens is 454 g/mol. The molecule has 0 aliphatic carbocycles. The van der Waals surface area contributed by atoms with Crippen LogP contribution in [0.25, 0.3) is 12.2 Å². The summed E-state index contributed by atoms with van der Waals surface area (Å²) in [5, 5.41) is 11.4. The summed E-state index contributed by atoms with van der Waals surface area (Å²) in [6.07, 6.45) is 5.36. The predicted molar refractivity (Wildman–Crippen MR) is 130 cm³/mol. The average molecular weight is 476 g/mol. The molecule has 0 fully saturated rings. The number of aromatic nitrogens is 1. The Bertz CT molecular complexity index is 1500. The minimum Gasteiger partial charge on any atom is -0.463 e. The van der Waals surface area contributed by atoms with E-state index < -0.39 is 16.9 Å². The molecular formula is C25H21N3O5S. The van der Waals surface area contributed by atoms with Gasteiger partial charge >= 0.3 is 5.97 Å². The highest BCUT2D eigenvalue weighted by Crippen LogP contribution is 2.32. The van der Waals surface area contributed by atoms with Crippen LogP contribution in [0.15, 0.2) is 81.7 Å². The Morgan fingerprint density at radius 1 is 1.24 bits per heavy atom. The molecule has 0 spiro atoms. The van der Waals surface area contributed by atoms with Crippen LogP contribution in [0.4, 0.5) is 5.69 Å². The Balaban J connectivity index is 1.89. The summed E-state index contributed by atoms with van der Waals surface area (Å²) in [6, 6.07) is 14.7. The van der Waals surface area contributed by atoms with Gasteiger partial charge in [-0.05, 0) is 31.1 Å². The molecule has 0 saturated heterocycles. The van der Waals surface area contributed by atoms with Crippen LogP contribution in [0.2, 0.25) is 0 Å². The number of ether oxygens (including phenoxy) is 1. The number of allylic oxidation sites excluding steroid dienone is 2. The van der Waals surface area contributed by atoms with Crippen LogP contribution in [0, 0.1) is 10.1 Å². The third kappa shape index (κ3) is 4.51. The highest BCUT2D eigenvalue weighted by atomic mass is 32.1. The number of hydrogen-bond acceptors (Lipinski definition) is 7. The largest absolute Gasteiger partial charge is 0.463 e. The van der Waals surface area contributed by atoms with Crippen molar-refractivity contribution in [2.45, 2.75) is 19.9 Å². The van der Waals surface area contributed by atoms with E-state index in [1.807, 2.05) is 36.4 Å². The fourth-order valence-electron chi connectivity index (χ4n) is 3.74. The lowest BCUT2D eigenvalue weighted by Crippen LogP contribution is -2.39. The van der Waals surface area contributed by atoms with Crippen LogP contribution in [-0.2, 0) is 9.53 Å². The van der Waals surface area contributed by atoms with Gasteiger partial charge in [0.15, 0.2) is 4.80 Å². The van der Waals surface area contributed by atoms with E-state index in [-0.39, 0.29) is 23.4 Å². The van der Waals surface area contributed by atoms with Crippen molar-refractivity contribution < 1.29 is 14.5 Å². The zero-order chi connectivity index (χ0) is 24.2. The number of nitro groups is 1. The highest BCUT2D eigenvalue weighted by molar-refractivity contribution is 7.07.